The molecule has 0 aliphatic carbocycles. The van der Waals surface area contributed by atoms with Crippen molar-refractivity contribution in [2.24, 2.45) is 0 Å². The Morgan fingerprint density at radius 2 is 1.34 bits per heavy atom. The van der Waals surface area contributed by atoms with E-state index in [0.29, 0.717) is 16.8 Å². The summed E-state index contributed by atoms with van der Waals surface area (Å²) in [5.74, 6) is -1.71. The van der Waals surface area contributed by atoms with Gasteiger partial charge in [-0.3, -0.25) is 19.2 Å². The molecule has 0 aliphatic rings. The van der Waals surface area contributed by atoms with Crippen molar-refractivity contribution in [3.63, 3.8) is 0 Å². The van der Waals surface area contributed by atoms with Gasteiger partial charge in [-0.2, -0.15) is 0 Å². The van der Waals surface area contributed by atoms with Crippen LogP contribution in [0.15, 0.2) is 42.5 Å². The number of hydrogen-bond donors (Lipinski definition) is 3. The first-order chi connectivity index (χ1) is 13.8. The molecule has 8 heteroatoms. The lowest BCUT2D eigenvalue weighted by Gasteiger charge is -2.09. The van der Waals surface area contributed by atoms with Crippen LogP contribution >= 0.6 is 0 Å². The number of methoxy groups -OCH3 is 1. The monoisotopic (exact) mass is 397 g/mol. The van der Waals surface area contributed by atoms with Crippen molar-refractivity contribution in [3.05, 3.63) is 64.7 Å². The molecule has 0 unspecified atom stereocenters. The molecule has 2 aromatic rings. The Bertz CT molecular complexity index is 902. The van der Waals surface area contributed by atoms with Crippen molar-refractivity contribution in [2.75, 3.05) is 25.5 Å². The number of hydrogen-bond acceptors (Lipinski definition) is 5. The number of rotatable bonds is 7. The SMILES string of the molecule is COC(=O)CNC(=O)c1ccc(NC(=O)CNC(=O)c2cc(C)cc(C)c2)cc1. The van der Waals surface area contributed by atoms with E-state index in [1.807, 2.05) is 19.9 Å². The minimum atomic E-state index is -0.551. The van der Waals surface area contributed by atoms with E-state index in [4.69, 9.17) is 0 Å². The van der Waals surface area contributed by atoms with E-state index in [9.17, 15) is 19.2 Å². The predicted octanol–water partition coefficient (Wildman–Crippen LogP) is 1.57. The summed E-state index contributed by atoms with van der Waals surface area (Å²) in [7, 11) is 1.23. The van der Waals surface area contributed by atoms with Crippen LogP contribution in [0.25, 0.3) is 0 Å². The molecule has 152 valence electrons. The number of aryl methyl sites for hydroxylation is 2. The highest BCUT2D eigenvalue weighted by molar-refractivity contribution is 6.00. The highest BCUT2D eigenvalue weighted by Crippen LogP contribution is 2.10. The maximum atomic E-state index is 12.2. The number of carbonyl (C=O) groups excluding carboxylic acids is 4. The van der Waals surface area contributed by atoms with Gasteiger partial charge < -0.3 is 20.7 Å². The van der Waals surface area contributed by atoms with Gasteiger partial charge in [0.1, 0.15) is 6.54 Å². The van der Waals surface area contributed by atoms with E-state index in [1.165, 1.54) is 19.2 Å². The molecule has 0 fully saturated rings. The van der Waals surface area contributed by atoms with Crippen LogP contribution in [0.4, 0.5) is 5.69 Å². The zero-order valence-corrected chi connectivity index (χ0v) is 16.5. The minimum Gasteiger partial charge on any atom is -0.468 e. The van der Waals surface area contributed by atoms with Crippen LogP contribution < -0.4 is 16.0 Å². The summed E-state index contributed by atoms with van der Waals surface area (Å²) < 4.78 is 4.45. The van der Waals surface area contributed by atoms with Gasteiger partial charge in [0.15, 0.2) is 0 Å². The lowest BCUT2D eigenvalue weighted by Crippen LogP contribution is -2.33. The van der Waals surface area contributed by atoms with Crippen LogP contribution in [-0.4, -0.2) is 43.9 Å². The predicted molar refractivity (Wildman–Crippen MR) is 108 cm³/mol. The van der Waals surface area contributed by atoms with Gasteiger partial charge in [0.05, 0.1) is 13.7 Å². The smallest absolute Gasteiger partial charge is 0.325 e. The molecule has 29 heavy (non-hydrogen) atoms. The van der Waals surface area contributed by atoms with Crippen LogP contribution in [0.5, 0.6) is 0 Å². The van der Waals surface area contributed by atoms with E-state index in [-0.39, 0.29) is 19.0 Å². The zero-order chi connectivity index (χ0) is 21.4. The highest BCUT2D eigenvalue weighted by atomic mass is 16.5. The Morgan fingerprint density at radius 1 is 0.793 bits per heavy atom. The maximum Gasteiger partial charge on any atom is 0.325 e. The molecule has 3 N–H and O–H groups in total. The number of ether oxygens (including phenoxy) is 1. The molecule has 0 saturated heterocycles. The molecule has 3 amide bonds. The van der Waals surface area contributed by atoms with Crippen molar-refractivity contribution >= 4 is 29.4 Å². The van der Waals surface area contributed by atoms with Crippen LogP contribution in [0.3, 0.4) is 0 Å². The molecule has 2 rings (SSSR count). The Labute approximate surface area is 168 Å². The molecule has 2 aromatic carbocycles. The van der Waals surface area contributed by atoms with Crippen LogP contribution in [0.1, 0.15) is 31.8 Å². The molecule has 0 saturated carbocycles. The topological polar surface area (TPSA) is 114 Å². The Morgan fingerprint density at radius 3 is 1.93 bits per heavy atom. The summed E-state index contributed by atoms with van der Waals surface area (Å²) in [5, 5.41) is 7.63. The first-order valence-electron chi connectivity index (χ1n) is 8.90. The van der Waals surface area contributed by atoms with Gasteiger partial charge in [0, 0.05) is 16.8 Å². The van der Waals surface area contributed by atoms with E-state index in [1.54, 1.807) is 24.3 Å². The van der Waals surface area contributed by atoms with Gasteiger partial charge in [0.2, 0.25) is 5.91 Å². The highest BCUT2D eigenvalue weighted by Gasteiger charge is 2.11. The molecule has 0 aromatic heterocycles. The second kappa shape index (κ2) is 10.0. The molecule has 0 spiro atoms. The van der Waals surface area contributed by atoms with Gasteiger partial charge >= 0.3 is 5.97 Å². The molecule has 0 atom stereocenters. The average Bonchev–Trinajstić information content (AvgIpc) is 2.69. The summed E-state index contributed by atoms with van der Waals surface area (Å²) >= 11 is 0. The summed E-state index contributed by atoms with van der Waals surface area (Å²) in [4.78, 5) is 47.2. The molecule has 0 radical (unpaired) electrons. The summed E-state index contributed by atoms with van der Waals surface area (Å²) in [5.41, 5.74) is 3.23. The second-order valence-corrected chi connectivity index (χ2v) is 6.44. The van der Waals surface area contributed by atoms with Crippen LogP contribution in [-0.2, 0) is 14.3 Å². The molecule has 0 aliphatic heterocycles. The number of benzene rings is 2. The fourth-order valence-corrected chi connectivity index (χ4v) is 2.61. The fraction of sp³-hybridized carbons (Fsp3) is 0.238. The Hall–Kier alpha value is -3.68. The third-order valence-corrected chi connectivity index (χ3v) is 3.95. The van der Waals surface area contributed by atoms with Gasteiger partial charge in [-0.1, -0.05) is 17.2 Å². The van der Waals surface area contributed by atoms with Crippen molar-refractivity contribution in [2.45, 2.75) is 13.8 Å². The quantitative estimate of drug-likeness (QED) is 0.614. The van der Waals surface area contributed by atoms with Crippen molar-refractivity contribution in [1.82, 2.24) is 10.6 Å². The van der Waals surface area contributed by atoms with E-state index >= 15 is 0 Å². The summed E-state index contributed by atoms with van der Waals surface area (Å²) in [6.45, 7) is 3.38. The number of amides is 3. The van der Waals surface area contributed by atoms with Crippen molar-refractivity contribution < 1.29 is 23.9 Å². The van der Waals surface area contributed by atoms with E-state index in [0.717, 1.165) is 11.1 Å². The first-order valence-corrected chi connectivity index (χ1v) is 8.90. The lowest BCUT2D eigenvalue weighted by molar-refractivity contribution is -0.139. The Kier molecular flexibility index (Phi) is 7.47. The Balaban J connectivity index is 1.85. The third-order valence-electron chi connectivity index (χ3n) is 3.95. The normalized spacial score (nSPS) is 10.0. The summed E-state index contributed by atoms with van der Waals surface area (Å²) in [6.07, 6.45) is 0. The van der Waals surface area contributed by atoms with E-state index in [2.05, 4.69) is 20.7 Å². The molecule has 8 nitrogen and oxygen atoms in total. The van der Waals surface area contributed by atoms with E-state index < -0.39 is 17.8 Å². The molecular weight excluding hydrogens is 374 g/mol. The molecule has 0 heterocycles. The van der Waals surface area contributed by atoms with Gasteiger partial charge in [0.25, 0.3) is 11.8 Å². The average molecular weight is 397 g/mol. The van der Waals surface area contributed by atoms with Crippen molar-refractivity contribution in [3.8, 4) is 0 Å². The largest absolute Gasteiger partial charge is 0.468 e. The molecule has 0 bridgehead atoms. The van der Waals surface area contributed by atoms with Gasteiger partial charge in [-0.25, -0.2) is 0 Å². The first kappa shape index (κ1) is 21.6. The number of anilines is 1. The number of esters is 1. The lowest BCUT2D eigenvalue weighted by atomic mass is 10.1. The minimum absolute atomic E-state index is 0.187. The summed E-state index contributed by atoms with van der Waals surface area (Å²) in [6, 6.07) is 11.6. The standard InChI is InChI=1S/C21H23N3O5/c1-13-8-14(2)10-16(9-13)21(28)22-11-18(25)24-17-6-4-15(5-7-17)20(27)23-12-19(26)29-3/h4-10H,11-12H2,1-3H3,(H,22,28)(H,23,27)(H,24,25). The second-order valence-electron chi connectivity index (χ2n) is 6.44. The molecular formula is C21H23N3O5. The zero-order valence-electron chi connectivity index (χ0n) is 16.5. The van der Waals surface area contributed by atoms with Gasteiger partial charge in [-0.05, 0) is 50.2 Å². The van der Waals surface area contributed by atoms with Crippen molar-refractivity contribution in [1.29, 1.82) is 0 Å². The maximum absolute atomic E-state index is 12.2. The number of nitrogens with one attached hydrogen (secondary N) is 3. The third kappa shape index (κ3) is 6.76. The van der Waals surface area contributed by atoms with Crippen LogP contribution in [0.2, 0.25) is 0 Å². The number of carbonyl (C=O) groups is 4. The van der Waals surface area contributed by atoms with Gasteiger partial charge in [-0.15, -0.1) is 0 Å². The fourth-order valence-electron chi connectivity index (χ4n) is 2.61. The van der Waals surface area contributed by atoms with Crippen LogP contribution in [0, 0.1) is 13.8 Å².